The summed E-state index contributed by atoms with van der Waals surface area (Å²) in [6, 6.07) is 4.52. The molecule has 18 heavy (non-hydrogen) atoms. The first-order valence-corrected chi connectivity index (χ1v) is 6.93. The summed E-state index contributed by atoms with van der Waals surface area (Å²) in [5.41, 5.74) is 0.737. The molecule has 0 radical (unpaired) electrons. The molecule has 0 amide bonds. The number of hydrogen-bond acceptors (Lipinski definition) is 4. The SMILES string of the molecule is COc1ccc(F)cc1CSCC1(CO)COC1. The molecule has 5 heteroatoms. The van der Waals surface area contributed by atoms with Crippen LogP contribution in [-0.4, -0.2) is 37.8 Å². The summed E-state index contributed by atoms with van der Waals surface area (Å²) >= 11 is 1.67. The van der Waals surface area contributed by atoms with Gasteiger partial charge in [0.05, 0.1) is 26.9 Å². The van der Waals surface area contributed by atoms with Gasteiger partial charge in [-0.25, -0.2) is 4.39 Å². The predicted octanol–water partition coefficient (Wildman–Crippen LogP) is 2.08. The van der Waals surface area contributed by atoms with Crippen molar-refractivity contribution in [2.75, 3.05) is 32.7 Å². The standard InChI is InChI=1S/C13H17FO3S/c1-16-12-3-2-11(14)4-10(12)5-18-9-13(6-15)7-17-8-13/h2-4,15H,5-9H2,1H3. The Hall–Kier alpha value is -0.780. The van der Waals surface area contributed by atoms with Gasteiger partial charge in [-0.05, 0) is 18.2 Å². The van der Waals surface area contributed by atoms with Crippen LogP contribution in [0.1, 0.15) is 5.56 Å². The van der Waals surface area contributed by atoms with E-state index in [1.54, 1.807) is 24.9 Å². The number of rotatable bonds is 6. The minimum atomic E-state index is -0.254. The minimum absolute atomic E-state index is 0.106. The molecule has 1 fully saturated rings. The molecule has 1 aromatic carbocycles. The predicted molar refractivity (Wildman–Crippen MR) is 69.5 cm³/mol. The third kappa shape index (κ3) is 2.96. The molecular formula is C13H17FO3S. The van der Waals surface area contributed by atoms with E-state index < -0.39 is 0 Å². The van der Waals surface area contributed by atoms with E-state index in [1.165, 1.54) is 12.1 Å². The Balaban J connectivity index is 1.91. The molecule has 1 aliphatic rings. The lowest BCUT2D eigenvalue weighted by Gasteiger charge is -2.39. The molecule has 100 valence electrons. The zero-order chi connectivity index (χ0) is 13.0. The van der Waals surface area contributed by atoms with E-state index in [-0.39, 0.29) is 17.8 Å². The molecule has 0 saturated carbocycles. The highest BCUT2D eigenvalue weighted by atomic mass is 32.2. The lowest BCUT2D eigenvalue weighted by Crippen LogP contribution is -2.47. The van der Waals surface area contributed by atoms with Crippen LogP contribution in [0.15, 0.2) is 18.2 Å². The number of benzene rings is 1. The van der Waals surface area contributed by atoms with Crippen molar-refractivity contribution in [3.8, 4) is 5.75 Å². The maximum Gasteiger partial charge on any atom is 0.123 e. The van der Waals surface area contributed by atoms with Gasteiger partial charge in [0.25, 0.3) is 0 Å². The summed E-state index contributed by atoms with van der Waals surface area (Å²) in [6.07, 6.45) is 0. The lowest BCUT2D eigenvalue weighted by molar-refractivity contribution is -0.121. The minimum Gasteiger partial charge on any atom is -0.496 e. The molecule has 1 N–H and O–H groups in total. The zero-order valence-electron chi connectivity index (χ0n) is 10.3. The van der Waals surface area contributed by atoms with E-state index in [0.717, 1.165) is 11.3 Å². The molecule has 1 heterocycles. The van der Waals surface area contributed by atoms with Crippen molar-refractivity contribution in [2.45, 2.75) is 5.75 Å². The van der Waals surface area contributed by atoms with Crippen molar-refractivity contribution in [2.24, 2.45) is 5.41 Å². The van der Waals surface area contributed by atoms with Gasteiger partial charge in [-0.15, -0.1) is 0 Å². The first-order chi connectivity index (χ1) is 8.69. The fraction of sp³-hybridized carbons (Fsp3) is 0.538. The summed E-state index contributed by atoms with van der Waals surface area (Å²) < 4.78 is 23.5. The first kappa shape index (κ1) is 13.6. The quantitative estimate of drug-likeness (QED) is 0.860. The second-order valence-electron chi connectivity index (χ2n) is 4.60. The van der Waals surface area contributed by atoms with Gasteiger partial charge < -0.3 is 14.6 Å². The van der Waals surface area contributed by atoms with E-state index >= 15 is 0 Å². The Morgan fingerprint density at radius 2 is 2.28 bits per heavy atom. The fourth-order valence-corrected chi connectivity index (χ4v) is 3.09. The van der Waals surface area contributed by atoms with Crippen LogP contribution >= 0.6 is 11.8 Å². The maximum absolute atomic E-state index is 13.2. The smallest absolute Gasteiger partial charge is 0.123 e. The molecule has 1 saturated heterocycles. The summed E-state index contributed by atoms with van der Waals surface area (Å²) in [6.45, 7) is 1.36. The highest BCUT2D eigenvalue weighted by Crippen LogP contribution is 2.33. The van der Waals surface area contributed by atoms with Crippen molar-refractivity contribution < 1.29 is 19.0 Å². The molecule has 0 aliphatic carbocycles. The largest absolute Gasteiger partial charge is 0.496 e. The molecule has 0 unspecified atom stereocenters. The highest BCUT2D eigenvalue weighted by Gasteiger charge is 2.37. The Labute approximate surface area is 110 Å². The zero-order valence-corrected chi connectivity index (χ0v) is 11.1. The van der Waals surface area contributed by atoms with Crippen LogP contribution in [0.3, 0.4) is 0 Å². The van der Waals surface area contributed by atoms with Crippen molar-refractivity contribution >= 4 is 11.8 Å². The lowest BCUT2D eigenvalue weighted by atomic mass is 9.90. The van der Waals surface area contributed by atoms with Gasteiger partial charge in [0.15, 0.2) is 0 Å². The number of aliphatic hydroxyl groups excluding tert-OH is 1. The van der Waals surface area contributed by atoms with Gasteiger partial charge in [0.1, 0.15) is 11.6 Å². The Morgan fingerprint density at radius 1 is 1.50 bits per heavy atom. The Morgan fingerprint density at radius 3 is 2.83 bits per heavy atom. The number of halogens is 1. The Kier molecular flexibility index (Phi) is 4.48. The van der Waals surface area contributed by atoms with Crippen LogP contribution in [-0.2, 0) is 10.5 Å². The van der Waals surface area contributed by atoms with Crippen LogP contribution < -0.4 is 4.74 Å². The van der Waals surface area contributed by atoms with E-state index in [2.05, 4.69) is 0 Å². The van der Waals surface area contributed by atoms with Crippen molar-refractivity contribution in [3.63, 3.8) is 0 Å². The molecule has 2 rings (SSSR count). The van der Waals surface area contributed by atoms with Crippen LogP contribution in [0.2, 0.25) is 0 Å². The topological polar surface area (TPSA) is 38.7 Å². The van der Waals surface area contributed by atoms with E-state index in [4.69, 9.17) is 9.47 Å². The summed E-state index contributed by atoms with van der Waals surface area (Å²) in [7, 11) is 1.58. The average Bonchev–Trinajstić information content (AvgIpc) is 2.33. The molecule has 3 nitrogen and oxygen atoms in total. The molecular weight excluding hydrogens is 255 g/mol. The molecule has 0 aromatic heterocycles. The van der Waals surface area contributed by atoms with Crippen LogP contribution in [0.5, 0.6) is 5.75 Å². The molecule has 1 aliphatic heterocycles. The second-order valence-corrected chi connectivity index (χ2v) is 5.59. The average molecular weight is 272 g/mol. The Bertz CT molecular complexity index is 402. The van der Waals surface area contributed by atoms with Crippen molar-refractivity contribution in [1.82, 2.24) is 0 Å². The maximum atomic E-state index is 13.2. The monoisotopic (exact) mass is 272 g/mol. The normalized spacial score (nSPS) is 17.3. The van der Waals surface area contributed by atoms with Gasteiger partial charge in [-0.2, -0.15) is 11.8 Å². The first-order valence-electron chi connectivity index (χ1n) is 5.78. The highest BCUT2D eigenvalue weighted by molar-refractivity contribution is 7.98. The molecule has 0 atom stereocenters. The number of aliphatic hydroxyl groups is 1. The summed E-state index contributed by atoms with van der Waals surface area (Å²) in [5.74, 6) is 1.92. The van der Waals surface area contributed by atoms with E-state index in [1.807, 2.05) is 0 Å². The summed E-state index contributed by atoms with van der Waals surface area (Å²) in [4.78, 5) is 0. The third-order valence-electron chi connectivity index (χ3n) is 3.06. The molecule has 0 bridgehead atoms. The van der Waals surface area contributed by atoms with Crippen LogP contribution in [0.25, 0.3) is 0 Å². The number of methoxy groups -OCH3 is 1. The number of thioether (sulfide) groups is 1. The van der Waals surface area contributed by atoms with Gasteiger partial charge in [-0.3, -0.25) is 0 Å². The third-order valence-corrected chi connectivity index (χ3v) is 4.39. The van der Waals surface area contributed by atoms with Gasteiger partial charge in [0, 0.05) is 22.5 Å². The van der Waals surface area contributed by atoms with Gasteiger partial charge in [-0.1, -0.05) is 0 Å². The van der Waals surface area contributed by atoms with E-state index in [0.29, 0.717) is 24.7 Å². The van der Waals surface area contributed by atoms with Crippen LogP contribution in [0.4, 0.5) is 4.39 Å². The van der Waals surface area contributed by atoms with Crippen molar-refractivity contribution in [1.29, 1.82) is 0 Å². The molecule has 1 aromatic rings. The van der Waals surface area contributed by atoms with Crippen molar-refractivity contribution in [3.05, 3.63) is 29.6 Å². The number of hydrogen-bond donors (Lipinski definition) is 1. The second kappa shape index (κ2) is 5.91. The van der Waals surface area contributed by atoms with Gasteiger partial charge >= 0.3 is 0 Å². The van der Waals surface area contributed by atoms with Crippen LogP contribution in [0, 0.1) is 11.2 Å². The van der Waals surface area contributed by atoms with E-state index in [9.17, 15) is 9.50 Å². The molecule has 0 spiro atoms. The summed E-state index contributed by atoms with van der Waals surface area (Å²) in [5, 5.41) is 9.30. The number of ether oxygens (including phenoxy) is 2. The van der Waals surface area contributed by atoms with Gasteiger partial charge in [0.2, 0.25) is 0 Å². The fourth-order valence-electron chi connectivity index (χ4n) is 1.85.